The van der Waals surface area contributed by atoms with Crippen molar-refractivity contribution in [1.29, 1.82) is 0 Å². The number of carbonyl (C=O) groups excluding carboxylic acids is 1. The summed E-state index contributed by atoms with van der Waals surface area (Å²) in [6.45, 7) is 2.11. The molecule has 3 rings (SSSR count). The van der Waals surface area contributed by atoms with Gasteiger partial charge in [-0.2, -0.15) is 0 Å². The Morgan fingerprint density at radius 1 is 1.19 bits per heavy atom. The summed E-state index contributed by atoms with van der Waals surface area (Å²) >= 11 is 0. The van der Waals surface area contributed by atoms with Crippen molar-refractivity contribution in [2.24, 2.45) is 0 Å². The van der Waals surface area contributed by atoms with Crippen molar-refractivity contribution in [3.8, 4) is 11.5 Å². The maximum atomic E-state index is 12.6. The SMILES string of the molecule is Cc1cc(OC(=O)O)cc2c1C(=O)N(Cc1ccc(OC(F)(F)F)cc1)C2. The largest absolute Gasteiger partial charge is 0.573 e. The van der Waals surface area contributed by atoms with Crippen molar-refractivity contribution in [3.05, 3.63) is 58.7 Å². The molecule has 0 saturated heterocycles. The topological polar surface area (TPSA) is 76.1 Å². The molecule has 27 heavy (non-hydrogen) atoms. The molecule has 0 atom stereocenters. The summed E-state index contributed by atoms with van der Waals surface area (Å²) in [4.78, 5) is 24.8. The summed E-state index contributed by atoms with van der Waals surface area (Å²) in [5.74, 6) is -0.448. The monoisotopic (exact) mass is 381 g/mol. The minimum absolute atomic E-state index is 0.127. The lowest BCUT2D eigenvalue weighted by atomic mass is 10.0. The van der Waals surface area contributed by atoms with E-state index in [0.717, 1.165) is 0 Å². The molecule has 0 spiro atoms. The van der Waals surface area contributed by atoms with Gasteiger partial charge in [-0.1, -0.05) is 12.1 Å². The minimum atomic E-state index is -4.76. The first-order chi connectivity index (χ1) is 12.6. The third-order valence-corrected chi connectivity index (χ3v) is 3.99. The first-order valence-corrected chi connectivity index (χ1v) is 7.80. The lowest BCUT2D eigenvalue weighted by molar-refractivity contribution is -0.274. The molecule has 1 amide bonds. The molecule has 142 valence electrons. The lowest BCUT2D eigenvalue weighted by Crippen LogP contribution is -2.23. The van der Waals surface area contributed by atoms with Crippen LogP contribution in [0.1, 0.15) is 27.0 Å². The molecular weight excluding hydrogens is 367 g/mol. The molecule has 6 nitrogen and oxygen atoms in total. The second kappa shape index (κ2) is 6.82. The second-order valence-corrected chi connectivity index (χ2v) is 6.00. The van der Waals surface area contributed by atoms with Crippen LogP contribution in [-0.4, -0.2) is 28.4 Å². The maximum Gasteiger partial charge on any atom is 0.573 e. The average Bonchev–Trinajstić information content (AvgIpc) is 2.83. The Morgan fingerprint density at radius 3 is 2.44 bits per heavy atom. The fourth-order valence-electron chi connectivity index (χ4n) is 3.00. The number of benzene rings is 2. The lowest BCUT2D eigenvalue weighted by Gasteiger charge is -2.16. The average molecular weight is 381 g/mol. The van der Waals surface area contributed by atoms with Crippen LogP contribution < -0.4 is 9.47 Å². The van der Waals surface area contributed by atoms with Gasteiger partial charge in [-0.05, 0) is 47.9 Å². The molecule has 1 N–H and O–H groups in total. The molecule has 0 bridgehead atoms. The Hall–Kier alpha value is -3.23. The van der Waals surface area contributed by atoms with E-state index in [1.807, 2.05) is 0 Å². The molecule has 2 aromatic carbocycles. The van der Waals surface area contributed by atoms with Gasteiger partial charge < -0.3 is 19.5 Å². The Labute approximate surface area is 151 Å². The molecule has 0 unspecified atom stereocenters. The Morgan fingerprint density at radius 2 is 1.85 bits per heavy atom. The van der Waals surface area contributed by atoms with Crippen LogP contribution in [-0.2, 0) is 13.1 Å². The highest BCUT2D eigenvalue weighted by Crippen LogP contribution is 2.31. The summed E-state index contributed by atoms with van der Waals surface area (Å²) in [7, 11) is 0. The third-order valence-electron chi connectivity index (χ3n) is 3.99. The van der Waals surface area contributed by atoms with Gasteiger partial charge >= 0.3 is 12.5 Å². The highest BCUT2D eigenvalue weighted by Gasteiger charge is 2.32. The predicted molar refractivity (Wildman–Crippen MR) is 86.5 cm³/mol. The van der Waals surface area contributed by atoms with Crippen molar-refractivity contribution < 1.29 is 37.3 Å². The highest BCUT2D eigenvalue weighted by atomic mass is 19.4. The van der Waals surface area contributed by atoms with Crippen LogP contribution in [0.5, 0.6) is 11.5 Å². The molecule has 9 heteroatoms. The predicted octanol–water partition coefficient (Wildman–Crippen LogP) is 4.11. The van der Waals surface area contributed by atoms with Crippen LogP contribution in [0.15, 0.2) is 36.4 Å². The van der Waals surface area contributed by atoms with E-state index in [4.69, 9.17) is 5.11 Å². The summed E-state index contributed by atoms with van der Waals surface area (Å²) in [6, 6.07) is 8.22. The van der Waals surface area contributed by atoms with Gasteiger partial charge in [-0.25, -0.2) is 4.79 Å². The smallest absolute Gasteiger partial charge is 0.449 e. The molecule has 1 aliphatic heterocycles. The number of aryl methyl sites for hydroxylation is 1. The van der Waals surface area contributed by atoms with Crippen molar-refractivity contribution in [1.82, 2.24) is 4.90 Å². The number of carboxylic acid groups (broad SMARTS) is 1. The van der Waals surface area contributed by atoms with Gasteiger partial charge in [0, 0.05) is 18.7 Å². The fraction of sp³-hybridized carbons (Fsp3) is 0.222. The number of hydrogen-bond acceptors (Lipinski definition) is 4. The molecule has 0 aromatic heterocycles. The van der Waals surface area contributed by atoms with E-state index in [1.54, 1.807) is 6.92 Å². The zero-order valence-corrected chi connectivity index (χ0v) is 14.0. The number of hydrogen-bond donors (Lipinski definition) is 1. The van der Waals surface area contributed by atoms with E-state index in [1.165, 1.54) is 41.3 Å². The molecule has 0 radical (unpaired) electrons. The van der Waals surface area contributed by atoms with E-state index in [2.05, 4.69) is 9.47 Å². The van der Waals surface area contributed by atoms with Gasteiger partial charge in [0.1, 0.15) is 11.5 Å². The molecule has 1 aliphatic rings. The molecule has 0 saturated carbocycles. The van der Waals surface area contributed by atoms with Crippen LogP contribution in [0.3, 0.4) is 0 Å². The van der Waals surface area contributed by atoms with Gasteiger partial charge in [-0.3, -0.25) is 4.79 Å². The Bertz CT molecular complexity index is 893. The Kier molecular flexibility index (Phi) is 4.69. The van der Waals surface area contributed by atoms with E-state index in [-0.39, 0.29) is 30.5 Å². The van der Waals surface area contributed by atoms with Gasteiger partial charge in [0.25, 0.3) is 5.91 Å². The number of halogens is 3. The van der Waals surface area contributed by atoms with Crippen LogP contribution in [0.2, 0.25) is 0 Å². The van der Waals surface area contributed by atoms with Gasteiger partial charge in [0.05, 0.1) is 0 Å². The van der Waals surface area contributed by atoms with Gasteiger partial charge in [-0.15, -0.1) is 13.2 Å². The minimum Gasteiger partial charge on any atom is -0.449 e. The summed E-state index contributed by atoms with van der Waals surface area (Å²) < 4.78 is 45.1. The summed E-state index contributed by atoms with van der Waals surface area (Å²) in [5, 5.41) is 8.72. The van der Waals surface area contributed by atoms with Crippen LogP contribution in [0, 0.1) is 6.92 Å². The molecule has 0 aliphatic carbocycles. The van der Waals surface area contributed by atoms with Crippen molar-refractivity contribution in [3.63, 3.8) is 0 Å². The number of nitrogens with zero attached hydrogens (tertiary/aromatic N) is 1. The maximum absolute atomic E-state index is 12.6. The van der Waals surface area contributed by atoms with E-state index >= 15 is 0 Å². The normalized spacial score (nSPS) is 13.5. The zero-order chi connectivity index (χ0) is 19.8. The van der Waals surface area contributed by atoms with Crippen molar-refractivity contribution >= 4 is 12.1 Å². The first-order valence-electron chi connectivity index (χ1n) is 7.80. The zero-order valence-electron chi connectivity index (χ0n) is 14.0. The second-order valence-electron chi connectivity index (χ2n) is 6.00. The van der Waals surface area contributed by atoms with Gasteiger partial charge in [0.15, 0.2) is 0 Å². The molecule has 2 aromatic rings. The number of carbonyl (C=O) groups is 2. The van der Waals surface area contributed by atoms with E-state index in [9.17, 15) is 22.8 Å². The van der Waals surface area contributed by atoms with Crippen molar-refractivity contribution in [2.45, 2.75) is 26.4 Å². The standard InChI is InChI=1S/C18H14F3NO5/c1-10-6-14(26-17(24)25)7-12-9-22(16(23)15(10)12)8-11-2-4-13(5-3-11)27-18(19,20)21/h2-7H,8-9H2,1H3,(H,24,25). The van der Waals surface area contributed by atoms with E-state index < -0.39 is 12.5 Å². The van der Waals surface area contributed by atoms with Crippen molar-refractivity contribution in [2.75, 3.05) is 0 Å². The summed E-state index contributed by atoms with van der Waals surface area (Å²) in [5.41, 5.74) is 2.33. The molecular formula is C18H14F3NO5. The summed E-state index contributed by atoms with van der Waals surface area (Å²) in [6.07, 6.45) is -6.21. The number of alkyl halides is 3. The molecule has 0 fully saturated rings. The number of ether oxygens (including phenoxy) is 2. The van der Waals surface area contributed by atoms with Crippen LogP contribution >= 0.6 is 0 Å². The number of amides is 1. The quantitative estimate of drug-likeness (QED) is 0.637. The number of rotatable bonds is 4. The Balaban J connectivity index is 1.74. The fourth-order valence-corrected chi connectivity index (χ4v) is 3.00. The number of fused-ring (bicyclic) bond motifs is 1. The molecule has 1 heterocycles. The van der Waals surface area contributed by atoms with E-state index in [0.29, 0.717) is 22.3 Å². The third kappa shape index (κ3) is 4.30. The first kappa shape index (κ1) is 18.6. The van der Waals surface area contributed by atoms with Crippen LogP contribution in [0.25, 0.3) is 0 Å². The highest BCUT2D eigenvalue weighted by molar-refractivity contribution is 6.00. The van der Waals surface area contributed by atoms with Gasteiger partial charge in [0.2, 0.25) is 0 Å². The van der Waals surface area contributed by atoms with Crippen LogP contribution in [0.4, 0.5) is 18.0 Å².